The summed E-state index contributed by atoms with van der Waals surface area (Å²) < 4.78 is 17.5. The van der Waals surface area contributed by atoms with E-state index in [0.29, 0.717) is 0 Å². The zero-order valence-electron chi connectivity index (χ0n) is 11.0. The minimum atomic E-state index is -0.728. The third-order valence-electron chi connectivity index (χ3n) is 2.52. The molecule has 0 heterocycles. The normalized spacial score (nSPS) is 13.2. The van der Waals surface area contributed by atoms with Crippen molar-refractivity contribution in [3.8, 4) is 0 Å². The van der Waals surface area contributed by atoms with E-state index < -0.39 is 6.10 Å². The first kappa shape index (κ1) is 15.3. The molecule has 0 spiro atoms. The van der Waals surface area contributed by atoms with Crippen LogP contribution in [0.4, 0.5) is 4.39 Å². The molecule has 1 aromatic carbocycles. The number of carbonyl (C=O) groups is 1. The highest BCUT2D eigenvalue weighted by molar-refractivity contribution is 5.94. The number of aliphatic hydroxyl groups is 1. The number of allylic oxidation sites excluding steroid dienone is 1. The minimum absolute atomic E-state index is 0.125. The number of rotatable bonds is 6. The lowest BCUT2D eigenvalue weighted by Crippen LogP contribution is -2.33. The van der Waals surface area contributed by atoms with Crippen molar-refractivity contribution in [1.82, 2.24) is 5.32 Å². The molecule has 0 aliphatic heterocycles. The van der Waals surface area contributed by atoms with Crippen LogP contribution < -0.4 is 5.32 Å². The molecule has 1 atom stereocenters. The van der Waals surface area contributed by atoms with Gasteiger partial charge in [-0.2, -0.15) is 0 Å². The minimum Gasteiger partial charge on any atom is -0.389 e. The van der Waals surface area contributed by atoms with Crippen LogP contribution in [0, 0.1) is 5.82 Å². The molecule has 19 heavy (non-hydrogen) atoms. The topological polar surface area (TPSA) is 58.6 Å². The molecule has 0 aliphatic carbocycles. The standard InChI is InChI=1S/C14H18FNO3/c1-10(11-3-5-12(15)6-4-11)7-14(18)16-8-13(17)9-19-2/h3-7,13,17H,8-9H2,1-2H3,(H,16,18)/b10-7-. The van der Waals surface area contributed by atoms with Crippen molar-refractivity contribution in [3.05, 3.63) is 41.7 Å². The summed E-state index contributed by atoms with van der Waals surface area (Å²) in [7, 11) is 1.48. The van der Waals surface area contributed by atoms with Crippen LogP contribution in [0.3, 0.4) is 0 Å². The molecule has 0 bridgehead atoms. The van der Waals surface area contributed by atoms with Gasteiger partial charge in [-0.3, -0.25) is 4.79 Å². The van der Waals surface area contributed by atoms with Crippen molar-refractivity contribution in [2.24, 2.45) is 0 Å². The Morgan fingerprint density at radius 3 is 2.68 bits per heavy atom. The third-order valence-corrected chi connectivity index (χ3v) is 2.52. The summed E-state index contributed by atoms with van der Waals surface area (Å²) in [6, 6.07) is 5.89. The zero-order valence-corrected chi connectivity index (χ0v) is 11.0. The lowest BCUT2D eigenvalue weighted by atomic mass is 10.1. The zero-order chi connectivity index (χ0) is 14.3. The van der Waals surface area contributed by atoms with E-state index in [1.807, 2.05) is 0 Å². The van der Waals surface area contributed by atoms with Gasteiger partial charge in [-0.05, 0) is 30.2 Å². The highest BCUT2D eigenvalue weighted by Crippen LogP contribution is 2.13. The van der Waals surface area contributed by atoms with E-state index in [1.165, 1.54) is 25.3 Å². The Morgan fingerprint density at radius 1 is 1.47 bits per heavy atom. The van der Waals surface area contributed by atoms with E-state index >= 15 is 0 Å². The van der Waals surface area contributed by atoms with Gasteiger partial charge in [0.25, 0.3) is 0 Å². The van der Waals surface area contributed by atoms with Crippen molar-refractivity contribution < 1.29 is 19.0 Å². The number of benzene rings is 1. The fourth-order valence-corrected chi connectivity index (χ4v) is 1.51. The van der Waals surface area contributed by atoms with E-state index in [-0.39, 0.29) is 24.9 Å². The van der Waals surface area contributed by atoms with Crippen molar-refractivity contribution in [1.29, 1.82) is 0 Å². The Hall–Kier alpha value is -1.72. The van der Waals surface area contributed by atoms with Crippen molar-refractivity contribution >= 4 is 11.5 Å². The fraction of sp³-hybridized carbons (Fsp3) is 0.357. The van der Waals surface area contributed by atoms with Crippen LogP contribution in [0.2, 0.25) is 0 Å². The van der Waals surface area contributed by atoms with Gasteiger partial charge in [0.05, 0.1) is 12.7 Å². The number of ether oxygens (including phenoxy) is 1. The predicted molar refractivity (Wildman–Crippen MR) is 70.9 cm³/mol. The second-order valence-corrected chi connectivity index (χ2v) is 4.19. The molecular formula is C14H18FNO3. The van der Waals surface area contributed by atoms with Crippen LogP contribution >= 0.6 is 0 Å². The van der Waals surface area contributed by atoms with E-state index in [2.05, 4.69) is 5.32 Å². The van der Waals surface area contributed by atoms with Gasteiger partial charge in [0.1, 0.15) is 5.82 Å². The molecule has 0 saturated carbocycles. The molecule has 1 amide bonds. The number of methoxy groups -OCH3 is 1. The van der Waals surface area contributed by atoms with Gasteiger partial charge in [-0.15, -0.1) is 0 Å². The second kappa shape index (κ2) is 7.66. The van der Waals surface area contributed by atoms with Gasteiger partial charge in [0.15, 0.2) is 0 Å². The molecule has 2 N–H and O–H groups in total. The largest absolute Gasteiger partial charge is 0.389 e. The van der Waals surface area contributed by atoms with Gasteiger partial charge in [-0.25, -0.2) is 4.39 Å². The maximum absolute atomic E-state index is 12.8. The summed E-state index contributed by atoms with van der Waals surface area (Å²) in [6.45, 7) is 2.05. The number of carbonyl (C=O) groups excluding carboxylic acids is 1. The molecule has 0 saturated heterocycles. The number of amides is 1. The van der Waals surface area contributed by atoms with Crippen molar-refractivity contribution in [3.63, 3.8) is 0 Å². The van der Waals surface area contributed by atoms with Crippen LogP contribution in [-0.4, -0.2) is 37.4 Å². The first-order valence-corrected chi connectivity index (χ1v) is 5.92. The second-order valence-electron chi connectivity index (χ2n) is 4.19. The lowest BCUT2D eigenvalue weighted by Gasteiger charge is -2.09. The molecule has 1 aromatic rings. The Morgan fingerprint density at radius 2 is 2.11 bits per heavy atom. The summed E-state index contributed by atoms with van der Waals surface area (Å²) >= 11 is 0. The first-order chi connectivity index (χ1) is 9.02. The number of hydrogen-bond acceptors (Lipinski definition) is 3. The van der Waals surface area contributed by atoms with E-state index in [0.717, 1.165) is 11.1 Å². The highest BCUT2D eigenvalue weighted by Gasteiger charge is 2.05. The molecule has 4 nitrogen and oxygen atoms in total. The van der Waals surface area contributed by atoms with Gasteiger partial charge >= 0.3 is 0 Å². The molecule has 1 rings (SSSR count). The van der Waals surface area contributed by atoms with E-state index in [1.54, 1.807) is 19.1 Å². The van der Waals surface area contributed by atoms with E-state index in [9.17, 15) is 14.3 Å². The SMILES string of the molecule is COCC(O)CNC(=O)/C=C(/C)c1ccc(F)cc1. The lowest BCUT2D eigenvalue weighted by molar-refractivity contribution is -0.117. The molecule has 0 fully saturated rings. The molecule has 5 heteroatoms. The maximum atomic E-state index is 12.8. The summed E-state index contributed by atoms with van der Waals surface area (Å²) in [6.07, 6.45) is 0.681. The van der Waals surface area contributed by atoms with Gasteiger partial charge in [-0.1, -0.05) is 12.1 Å². The smallest absolute Gasteiger partial charge is 0.244 e. The molecule has 104 valence electrons. The van der Waals surface area contributed by atoms with Crippen LogP contribution in [-0.2, 0) is 9.53 Å². The van der Waals surface area contributed by atoms with Crippen molar-refractivity contribution in [2.45, 2.75) is 13.0 Å². The highest BCUT2D eigenvalue weighted by atomic mass is 19.1. The van der Waals surface area contributed by atoms with Gasteiger partial charge < -0.3 is 15.2 Å². The average molecular weight is 267 g/mol. The summed E-state index contributed by atoms with van der Waals surface area (Å²) in [4.78, 5) is 11.6. The predicted octanol–water partition coefficient (Wildman–Crippen LogP) is 1.35. The van der Waals surface area contributed by atoms with Crippen LogP contribution in [0.5, 0.6) is 0 Å². The van der Waals surface area contributed by atoms with Crippen LogP contribution in [0.1, 0.15) is 12.5 Å². The summed E-state index contributed by atoms with van der Waals surface area (Å²) in [5.74, 6) is -0.624. The van der Waals surface area contributed by atoms with Crippen LogP contribution in [0.15, 0.2) is 30.3 Å². The summed E-state index contributed by atoms with van der Waals surface area (Å²) in [5, 5.41) is 11.9. The van der Waals surface area contributed by atoms with E-state index in [4.69, 9.17) is 4.74 Å². The fourth-order valence-electron chi connectivity index (χ4n) is 1.51. The summed E-state index contributed by atoms with van der Waals surface area (Å²) in [5.41, 5.74) is 1.49. The molecule has 1 unspecified atom stereocenters. The van der Waals surface area contributed by atoms with Crippen LogP contribution in [0.25, 0.3) is 5.57 Å². The van der Waals surface area contributed by atoms with Crippen molar-refractivity contribution in [2.75, 3.05) is 20.3 Å². The third kappa shape index (κ3) is 5.63. The quantitative estimate of drug-likeness (QED) is 0.765. The van der Waals surface area contributed by atoms with Gasteiger partial charge in [0, 0.05) is 19.7 Å². The molecule has 0 radical (unpaired) electrons. The number of aliphatic hydroxyl groups excluding tert-OH is 1. The maximum Gasteiger partial charge on any atom is 0.244 e. The Kier molecular flexibility index (Phi) is 6.18. The molecule has 0 aromatic heterocycles. The van der Waals surface area contributed by atoms with Gasteiger partial charge in [0.2, 0.25) is 5.91 Å². The number of halogens is 1. The molecule has 0 aliphatic rings. The average Bonchev–Trinajstić information content (AvgIpc) is 2.37. The Labute approximate surface area is 111 Å². The first-order valence-electron chi connectivity index (χ1n) is 5.92. The Bertz CT molecular complexity index is 443. The number of nitrogens with one attached hydrogen (secondary N) is 1. The molecular weight excluding hydrogens is 249 g/mol. The Balaban J connectivity index is 2.54. The monoisotopic (exact) mass is 267 g/mol. The number of hydrogen-bond donors (Lipinski definition) is 2.